The molecule has 1 aliphatic heterocycles. The Morgan fingerprint density at radius 1 is 1.42 bits per heavy atom. The fraction of sp³-hybridized carbons (Fsp3) is 0.235. The first-order valence-electron chi connectivity index (χ1n) is 7.39. The Morgan fingerprint density at radius 3 is 2.83 bits per heavy atom. The van der Waals surface area contributed by atoms with E-state index in [1.165, 1.54) is 6.07 Å². The van der Waals surface area contributed by atoms with E-state index in [2.05, 4.69) is 4.98 Å². The van der Waals surface area contributed by atoms with Crippen LogP contribution < -0.4 is 11.2 Å². The van der Waals surface area contributed by atoms with Gasteiger partial charge in [0, 0.05) is 11.6 Å². The summed E-state index contributed by atoms with van der Waals surface area (Å²) >= 11 is 0. The first kappa shape index (κ1) is 15.9. The largest absolute Gasteiger partial charge is 0.459 e. The van der Waals surface area contributed by atoms with Crippen molar-refractivity contribution >= 4 is 22.8 Å². The molecule has 124 valence electrons. The van der Waals surface area contributed by atoms with Crippen LogP contribution in [-0.4, -0.2) is 22.2 Å². The molecule has 1 aromatic carbocycles. The zero-order chi connectivity index (χ0) is 17.4. The number of fused-ring (bicyclic) bond motifs is 2. The number of ether oxygens (including phenoxy) is 1. The first-order chi connectivity index (χ1) is 11.4. The van der Waals surface area contributed by atoms with Crippen LogP contribution in [0.4, 0.5) is 5.69 Å². The Labute approximate surface area is 137 Å². The van der Waals surface area contributed by atoms with Crippen LogP contribution in [0, 0.1) is 0 Å². The van der Waals surface area contributed by atoms with Gasteiger partial charge in [-0.2, -0.15) is 0 Å². The van der Waals surface area contributed by atoms with Gasteiger partial charge in [0.25, 0.3) is 0 Å². The van der Waals surface area contributed by atoms with Crippen LogP contribution in [0.15, 0.2) is 33.5 Å². The Bertz CT molecular complexity index is 961. The Balaban J connectivity index is 2.38. The van der Waals surface area contributed by atoms with E-state index in [1.807, 2.05) is 0 Å². The van der Waals surface area contributed by atoms with E-state index >= 15 is 0 Å². The summed E-state index contributed by atoms with van der Waals surface area (Å²) in [6.07, 6.45) is -0.382. The molecule has 7 nitrogen and oxygen atoms in total. The van der Waals surface area contributed by atoms with Gasteiger partial charge in [0.05, 0.1) is 18.4 Å². The van der Waals surface area contributed by atoms with Gasteiger partial charge in [-0.15, -0.1) is 0 Å². The highest BCUT2D eigenvalue weighted by molar-refractivity contribution is 6.02. The van der Waals surface area contributed by atoms with Crippen molar-refractivity contribution in [2.24, 2.45) is 0 Å². The lowest BCUT2D eigenvalue weighted by atomic mass is 10.1. The molecule has 0 atom stereocenters. The van der Waals surface area contributed by atoms with Crippen LogP contribution in [0.3, 0.4) is 0 Å². The van der Waals surface area contributed by atoms with Crippen molar-refractivity contribution in [2.45, 2.75) is 26.6 Å². The molecule has 3 rings (SSSR count). The summed E-state index contributed by atoms with van der Waals surface area (Å²) in [4.78, 5) is 28.8. The van der Waals surface area contributed by atoms with Gasteiger partial charge in [0.15, 0.2) is 11.3 Å². The van der Waals surface area contributed by atoms with Crippen LogP contribution in [0.5, 0.6) is 0 Å². The normalized spacial score (nSPS) is 11.3. The fourth-order valence-electron chi connectivity index (χ4n) is 2.44. The smallest absolute Gasteiger partial charge is 0.343 e. The molecule has 24 heavy (non-hydrogen) atoms. The van der Waals surface area contributed by atoms with Crippen LogP contribution in [0.1, 0.15) is 29.8 Å². The van der Waals surface area contributed by atoms with Crippen molar-refractivity contribution in [1.29, 1.82) is 0 Å². The molecule has 0 fully saturated rings. The average Bonchev–Trinajstić information content (AvgIpc) is 2.53. The van der Waals surface area contributed by atoms with E-state index in [0.717, 1.165) is 0 Å². The minimum absolute atomic E-state index is 0.121. The molecule has 1 aromatic rings. The van der Waals surface area contributed by atoms with Gasteiger partial charge in [-0.25, -0.2) is 9.78 Å². The van der Waals surface area contributed by atoms with E-state index in [9.17, 15) is 14.7 Å². The van der Waals surface area contributed by atoms with Crippen molar-refractivity contribution in [3.63, 3.8) is 0 Å². The summed E-state index contributed by atoms with van der Waals surface area (Å²) in [6, 6.07) is 6.24. The molecule has 0 aromatic heterocycles. The molecule has 1 aliphatic carbocycles. The summed E-state index contributed by atoms with van der Waals surface area (Å²) < 4.78 is 10.8. The lowest BCUT2D eigenvalue weighted by Gasteiger charge is -2.15. The van der Waals surface area contributed by atoms with Crippen LogP contribution in [0.25, 0.3) is 22.6 Å². The number of hydrogen-bond acceptors (Lipinski definition) is 7. The van der Waals surface area contributed by atoms with E-state index in [4.69, 9.17) is 14.9 Å². The zero-order valence-corrected chi connectivity index (χ0v) is 13.2. The summed E-state index contributed by atoms with van der Waals surface area (Å²) in [5.74, 6) is -0.610. The summed E-state index contributed by atoms with van der Waals surface area (Å²) in [6.45, 7) is 3.13. The van der Waals surface area contributed by atoms with E-state index in [-0.39, 0.29) is 35.4 Å². The third kappa shape index (κ3) is 2.59. The standard InChI is InChI=1S/C17H16N2O5/c1-8(2)23-17(22)13-14(18)10(21)6-12-16(13)19-15-9(7-20)4-3-5-11(15)24-12/h3-6,8,20H,7,18H2,1-2H3. The molecule has 1 heterocycles. The van der Waals surface area contributed by atoms with Crippen LogP contribution in [-0.2, 0) is 11.3 Å². The predicted molar refractivity (Wildman–Crippen MR) is 87.8 cm³/mol. The van der Waals surface area contributed by atoms with Crippen LogP contribution in [0.2, 0.25) is 0 Å². The monoisotopic (exact) mass is 328 g/mol. The SMILES string of the molecule is CC(C)OC(=O)c1c2nc3c(CO)cccc3oc-2cc(=O)c1N. The predicted octanol–water partition coefficient (Wildman–Crippen LogP) is 1.93. The molecular formula is C17H16N2O5. The van der Waals surface area contributed by atoms with Gasteiger partial charge in [0.1, 0.15) is 16.8 Å². The summed E-state index contributed by atoms with van der Waals surface area (Å²) in [7, 11) is 0. The van der Waals surface area contributed by atoms with Crippen molar-refractivity contribution in [3.05, 3.63) is 45.6 Å². The number of aliphatic hydroxyl groups is 1. The molecule has 0 spiro atoms. The Hall–Kier alpha value is -2.93. The Morgan fingerprint density at radius 2 is 2.17 bits per heavy atom. The van der Waals surface area contributed by atoms with E-state index in [0.29, 0.717) is 16.7 Å². The van der Waals surface area contributed by atoms with Crippen molar-refractivity contribution in [1.82, 2.24) is 4.98 Å². The lowest BCUT2D eigenvalue weighted by molar-refractivity contribution is 0.0379. The van der Waals surface area contributed by atoms with E-state index < -0.39 is 11.4 Å². The van der Waals surface area contributed by atoms with Crippen molar-refractivity contribution < 1.29 is 19.1 Å². The third-order valence-corrected chi connectivity index (χ3v) is 3.51. The molecule has 0 bridgehead atoms. The number of anilines is 1. The summed E-state index contributed by atoms with van der Waals surface area (Å²) in [5, 5.41) is 9.46. The third-order valence-electron chi connectivity index (χ3n) is 3.51. The highest BCUT2D eigenvalue weighted by Gasteiger charge is 2.26. The quantitative estimate of drug-likeness (QED) is 0.429. The minimum atomic E-state index is -0.742. The topological polar surface area (TPSA) is 116 Å². The Kier molecular flexibility index (Phi) is 3.94. The van der Waals surface area contributed by atoms with Gasteiger partial charge >= 0.3 is 5.97 Å². The highest BCUT2D eigenvalue weighted by Crippen LogP contribution is 2.31. The maximum atomic E-state index is 12.4. The van der Waals surface area contributed by atoms with Gasteiger partial charge in [-0.1, -0.05) is 12.1 Å². The van der Waals surface area contributed by atoms with Gasteiger partial charge < -0.3 is 20.0 Å². The second-order valence-corrected chi connectivity index (χ2v) is 5.60. The number of hydrogen-bond donors (Lipinski definition) is 2. The molecule has 0 unspecified atom stereocenters. The fourth-order valence-corrected chi connectivity index (χ4v) is 2.44. The van der Waals surface area contributed by atoms with Crippen LogP contribution >= 0.6 is 0 Å². The first-order valence-corrected chi connectivity index (χ1v) is 7.39. The van der Waals surface area contributed by atoms with Gasteiger partial charge in [-0.3, -0.25) is 4.79 Å². The number of nitrogen functional groups attached to an aromatic ring is 1. The van der Waals surface area contributed by atoms with Crippen molar-refractivity contribution in [3.8, 4) is 11.5 Å². The number of nitrogens with zero attached hydrogens (tertiary/aromatic N) is 1. The number of benzene rings is 2. The lowest BCUT2D eigenvalue weighted by Crippen LogP contribution is -2.21. The molecule has 2 aliphatic rings. The number of para-hydroxylation sites is 1. The molecule has 0 saturated carbocycles. The number of esters is 1. The maximum absolute atomic E-state index is 12.4. The van der Waals surface area contributed by atoms with Gasteiger partial charge in [-0.05, 0) is 19.9 Å². The number of aromatic nitrogens is 1. The highest BCUT2D eigenvalue weighted by atomic mass is 16.5. The number of nitrogens with two attached hydrogens (primary N) is 1. The molecule has 3 N–H and O–H groups in total. The van der Waals surface area contributed by atoms with Gasteiger partial charge in [0.2, 0.25) is 5.43 Å². The second kappa shape index (κ2) is 5.93. The maximum Gasteiger partial charge on any atom is 0.343 e. The molecule has 0 amide bonds. The summed E-state index contributed by atoms with van der Waals surface area (Å²) in [5.41, 5.74) is 6.34. The van der Waals surface area contributed by atoms with Crippen molar-refractivity contribution in [2.75, 3.05) is 5.73 Å². The number of carbonyl (C=O) groups is 1. The number of aliphatic hydroxyl groups excluding tert-OH is 1. The molecule has 0 radical (unpaired) electrons. The molecule has 0 saturated heterocycles. The van der Waals surface area contributed by atoms with E-state index in [1.54, 1.807) is 32.0 Å². The number of carbonyl (C=O) groups excluding carboxylic acids is 1. The average molecular weight is 328 g/mol. The second-order valence-electron chi connectivity index (χ2n) is 5.60. The molecular weight excluding hydrogens is 312 g/mol. The minimum Gasteiger partial charge on any atom is -0.459 e. The zero-order valence-electron chi connectivity index (χ0n) is 13.2. The number of rotatable bonds is 3. The molecule has 7 heteroatoms.